The molecule has 1 saturated carbocycles. The van der Waals surface area contributed by atoms with Crippen LogP contribution in [0.5, 0.6) is 0 Å². The normalized spacial score (nSPS) is 23.0. The summed E-state index contributed by atoms with van der Waals surface area (Å²) in [5, 5.41) is 11.4. The number of ether oxygens (including phenoxy) is 1. The first-order valence-electron chi connectivity index (χ1n) is 5.88. The summed E-state index contributed by atoms with van der Waals surface area (Å²) in [7, 11) is 0. The Morgan fingerprint density at radius 2 is 1.93 bits per heavy atom. The average molecular weight is 202 g/mol. The van der Waals surface area contributed by atoms with Crippen LogP contribution in [0, 0.1) is 0 Å². The molecule has 3 heteroatoms. The molecule has 0 N–H and O–H groups in total. The van der Waals surface area contributed by atoms with Gasteiger partial charge < -0.3 is 9.84 Å². The van der Waals surface area contributed by atoms with Crippen molar-refractivity contribution in [2.75, 3.05) is 0 Å². The van der Waals surface area contributed by atoms with Gasteiger partial charge in [-0.25, -0.2) is 0 Å². The Morgan fingerprint density at radius 1 is 1.27 bits per heavy atom. The zero-order valence-electron chi connectivity index (χ0n) is 9.97. The van der Waals surface area contributed by atoms with Crippen molar-refractivity contribution in [3.05, 3.63) is 11.5 Å². The molecule has 1 aliphatic heterocycles. The maximum atomic E-state index is 11.4. The van der Waals surface area contributed by atoms with Gasteiger partial charge in [0.2, 0.25) is 0 Å². The van der Waals surface area contributed by atoms with Gasteiger partial charge in [0.1, 0.15) is 0 Å². The molecule has 1 fully saturated rings. The first-order valence-corrected chi connectivity index (χ1v) is 5.88. The van der Waals surface area contributed by atoms with Gasteiger partial charge >= 0.3 is 18.9 Å². The topological polar surface area (TPSA) is 32.3 Å². The van der Waals surface area contributed by atoms with Gasteiger partial charge in [0.15, 0.2) is 0 Å². The Kier molecular flexibility index (Phi) is 4.61. The van der Waals surface area contributed by atoms with Crippen LogP contribution in [0.1, 0.15) is 58.3 Å². The number of hydrogen-bond acceptors (Lipinski definition) is 2. The van der Waals surface area contributed by atoms with E-state index in [9.17, 15) is 5.11 Å². The molecule has 1 aliphatic carbocycles. The number of rotatable bonds is 3. The zero-order valence-corrected chi connectivity index (χ0v) is 9.97. The number of unbranched alkanes of at least 4 members (excludes halogenated alkanes) is 1. The molecule has 2 aliphatic rings. The van der Waals surface area contributed by atoms with E-state index in [0.29, 0.717) is 0 Å². The predicted octanol–water partition coefficient (Wildman–Crippen LogP) is -0.514. The van der Waals surface area contributed by atoms with Crippen molar-refractivity contribution in [3.8, 4) is 0 Å². The largest absolute Gasteiger partial charge is 1.00 e. The van der Waals surface area contributed by atoms with E-state index in [2.05, 4.69) is 6.92 Å². The molecule has 0 amide bonds. The van der Waals surface area contributed by atoms with Crippen LogP contribution in [-0.2, 0) is 4.74 Å². The Hall–Kier alpha value is -0.0626. The van der Waals surface area contributed by atoms with E-state index in [4.69, 9.17) is 4.74 Å². The molecule has 0 saturated heterocycles. The molecular formula is C12H19LiO2. The van der Waals surface area contributed by atoms with E-state index in [1.165, 1.54) is 19.3 Å². The monoisotopic (exact) mass is 202 g/mol. The minimum Gasteiger partial charge on any atom is -0.602 e. The van der Waals surface area contributed by atoms with Crippen molar-refractivity contribution in [3.63, 3.8) is 0 Å². The Balaban J connectivity index is 0.00000112. The molecule has 2 rings (SSSR count). The second-order valence-corrected chi connectivity index (χ2v) is 4.53. The fourth-order valence-corrected chi connectivity index (χ4v) is 2.65. The quantitative estimate of drug-likeness (QED) is 0.577. The first kappa shape index (κ1) is 13.0. The first-order chi connectivity index (χ1) is 6.78. The zero-order chi connectivity index (χ0) is 10.0. The van der Waals surface area contributed by atoms with Crippen LogP contribution in [0.25, 0.3) is 0 Å². The van der Waals surface area contributed by atoms with Crippen molar-refractivity contribution >= 4 is 0 Å². The molecule has 1 heterocycles. The van der Waals surface area contributed by atoms with Crippen LogP contribution in [0.3, 0.4) is 0 Å². The summed E-state index contributed by atoms with van der Waals surface area (Å²) < 4.78 is 5.40. The fraction of sp³-hybridized carbons (Fsp3) is 0.833. The van der Waals surface area contributed by atoms with E-state index < -0.39 is 0 Å². The number of hydrogen-bond donors (Lipinski definition) is 0. The fourth-order valence-electron chi connectivity index (χ4n) is 2.65. The van der Waals surface area contributed by atoms with Crippen LogP contribution in [0.15, 0.2) is 11.5 Å². The summed E-state index contributed by atoms with van der Waals surface area (Å²) in [6.45, 7) is 2.16. The second-order valence-electron chi connectivity index (χ2n) is 4.53. The Morgan fingerprint density at radius 3 is 2.47 bits per heavy atom. The molecule has 0 atom stereocenters. The van der Waals surface area contributed by atoms with Gasteiger partial charge in [0.05, 0.1) is 5.95 Å². The predicted molar refractivity (Wildman–Crippen MR) is 53.5 cm³/mol. The van der Waals surface area contributed by atoms with Crippen molar-refractivity contribution < 1.29 is 28.7 Å². The Bertz CT molecular complexity index is 242. The minimum absolute atomic E-state index is 0. The second kappa shape index (κ2) is 5.32. The SMILES string of the molecule is CCCCC1=C([O-])OC12CCCCC2.[Li+]. The molecule has 0 unspecified atom stereocenters. The van der Waals surface area contributed by atoms with Gasteiger partial charge in [-0.3, -0.25) is 0 Å². The summed E-state index contributed by atoms with van der Waals surface area (Å²) in [6, 6.07) is 0. The summed E-state index contributed by atoms with van der Waals surface area (Å²) >= 11 is 0. The summed E-state index contributed by atoms with van der Waals surface area (Å²) in [5.41, 5.74) is 1.00. The van der Waals surface area contributed by atoms with Crippen LogP contribution in [0.2, 0.25) is 0 Å². The van der Waals surface area contributed by atoms with E-state index in [1.54, 1.807) is 0 Å². The van der Waals surface area contributed by atoms with E-state index >= 15 is 0 Å². The van der Waals surface area contributed by atoms with Crippen LogP contribution in [0.4, 0.5) is 0 Å². The molecule has 0 aromatic rings. The summed E-state index contributed by atoms with van der Waals surface area (Å²) in [4.78, 5) is 0. The van der Waals surface area contributed by atoms with Gasteiger partial charge in [0, 0.05) is 5.60 Å². The maximum Gasteiger partial charge on any atom is 1.00 e. The molecule has 0 radical (unpaired) electrons. The van der Waals surface area contributed by atoms with E-state index in [1.807, 2.05) is 0 Å². The molecule has 0 bridgehead atoms. The minimum atomic E-state index is -0.0928. The summed E-state index contributed by atoms with van der Waals surface area (Å²) in [6.07, 6.45) is 9.18. The molecule has 2 nitrogen and oxygen atoms in total. The third kappa shape index (κ3) is 2.37. The van der Waals surface area contributed by atoms with Gasteiger partial charge in [0.25, 0.3) is 0 Å². The molecule has 0 aromatic heterocycles. The van der Waals surface area contributed by atoms with Crippen molar-refractivity contribution in [2.45, 2.75) is 63.9 Å². The van der Waals surface area contributed by atoms with Gasteiger partial charge in [-0.15, -0.1) is 0 Å². The third-order valence-corrected chi connectivity index (χ3v) is 3.53. The maximum absolute atomic E-state index is 11.4. The van der Waals surface area contributed by atoms with Crippen LogP contribution in [-0.4, -0.2) is 5.60 Å². The van der Waals surface area contributed by atoms with E-state index in [-0.39, 0.29) is 30.4 Å². The van der Waals surface area contributed by atoms with Crippen LogP contribution < -0.4 is 24.0 Å². The standard InChI is InChI=1S/C12H20O2.Li/c1-2-3-7-10-11(13)14-12(10)8-5-4-6-9-12;/h13H,2-9H2,1H3;/q;+1/p-1. The van der Waals surface area contributed by atoms with Crippen molar-refractivity contribution in [1.82, 2.24) is 0 Å². The molecule has 15 heavy (non-hydrogen) atoms. The molecule has 1 spiro atoms. The molecule has 80 valence electrons. The van der Waals surface area contributed by atoms with Gasteiger partial charge in [-0.1, -0.05) is 32.6 Å². The van der Waals surface area contributed by atoms with E-state index in [0.717, 1.165) is 37.7 Å². The third-order valence-electron chi connectivity index (χ3n) is 3.53. The molecule has 0 aromatic carbocycles. The van der Waals surface area contributed by atoms with Gasteiger partial charge in [-0.2, -0.15) is 0 Å². The Labute approximate surface area is 104 Å². The average Bonchev–Trinajstić information content (AvgIpc) is 2.19. The molecular weight excluding hydrogens is 183 g/mol. The van der Waals surface area contributed by atoms with Crippen LogP contribution >= 0.6 is 0 Å². The van der Waals surface area contributed by atoms with Gasteiger partial charge in [-0.05, 0) is 31.3 Å². The summed E-state index contributed by atoms with van der Waals surface area (Å²) in [5.74, 6) is -0.0136. The smallest absolute Gasteiger partial charge is 0.602 e. The van der Waals surface area contributed by atoms with Crippen molar-refractivity contribution in [2.24, 2.45) is 0 Å². The van der Waals surface area contributed by atoms with Crippen molar-refractivity contribution in [1.29, 1.82) is 0 Å².